The summed E-state index contributed by atoms with van der Waals surface area (Å²) >= 11 is 6.08. The second kappa shape index (κ2) is 5.38. The molecular weight excluding hydrogens is 210 g/mol. The van der Waals surface area contributed by atoms with E-state index in [0.29, 0.717) is 17.5 Å². The third-order valence-electron chi connectivity index (χ3n) is 2.05. The van der Waals surface area contributed by atoms with Gasteiger partial charge in [0.25, 0.3) is 0 Å². The Labute approximate surface area is 96.4 Å². The van der Waals surface area contributed by atoms with Crippen LogP contribution in [0.3, 0.4) is 0 Å². The highest BCUT2D eigenvalue weighted by molar-refractivity contribution is 6.32. The van der Waals surface area contributed by atoms with Gasteiger partial charge in [0, 0.05) is 6.04 Å². The molecular formula is C12H18ClNO. The van der Waals surface area contributed by atoms with E-state index in [1.165, 1.54) is 0 Å². The summed E-state index contributed by atoms with van der Waals surface area (Å²) < 4.78 is 5.56. The fourth-order valence-electron chi connectivity index (χ4n) is 1.17. The van der Waals surface area contributed by atoms with Gasteiger partial charge >= 0.3 is 0 Å². The van der Waals surface area contributed by atoms with Crippen LogP contribution in [0.2, 0.25) is 5.02 Å². The first-order valence-corrected chi connectivity index (χ1v) is 5.56. The minimum atomic E-state index is 0.00153. The SMILES string of the molecule is CC(C)COc1ccc([C@@H](C)N)cc1Cl. The molecule has 0 spiro atoms. The molecule has 0 aliphatic heterocycles. The van der Waals surface area contributed by atoms with E-state index in [1.807, 2.05) is 25.1 Å². The van der Waals surface area contributed by atoms with Gasteiger partial charge in [-0.05, 0) is 30.5 Å². The van der Waals surface area contributed by atoms with Crippen molar-refractivity contribution in [2.24, 2.45) is 11.7 Å². The van der Waals surface area contributed by atoms with Crippen molar-refractivity contribution in [1.29, 1.82) is 0 Å². The molecule has 1 aromatic carbocycles. The van der Waals surface area contributed by atoms with Crippen molar-refractivity contribution >= 4 is 11.6 Å². The van der Waals surface area contributed by atoms with E-state index >= 15 is 0 Å². The molecule has 0 fully saturated rings. The fraction of sp³-hybridized carbons (Fsp3) is 0.500. The lowest BCUT2D eigenvalue weighted by Crippen LogP contribution is -2.07. The highest BCUT2D eigenvalue weighted by Gasteiger charge is 2.06. The zero-order chi connectivity index (χ0) is 11.4. The lowest BCUT2D eigenvalue weighted by Gasteiger charge is -2.12. The molecule has 0 saturated carbocycles. The monoisotopic (exact) mass is 227 g/mol. The molecule has 0 bridgehead atoms. The predicted octanol–water partition coefficient (Wildman–Crippen LogP) is 3.39. The molecule has 0 saturated heterocycles. The molecule has 0 radical (unpaired) electrons. The Bertz CT molecular complexity index is 323. The molecule has 1 rings (SSSR count). The average molecular weight is 228 g/mol. The van der Waals surface area contributed by atoms with Crippen LogP contribution in [0.1, 0.15) is 32.4 Å². The first kappa shape index (κ1) is 12.3. The molecule has 2 nitrogen and oxygen atoms in total. The maximum absolute atomic E-state index is 6.08. The van der Waals surface area contributed by atoms with Gasteiger partial charge in [-0.1, -0.05) is 31.5 Å². The molecule has 15 heavy (non-hydrogen) atoms. The first-order valence-electron chi connectivity index (χ1n) is 5.18. The van der Waals surface area contributed by atoms with Crippen molar-refractivity contribution in [2.75, 3.05) is 6.61 Å². The molecule has 0 aromatic heterocycles. The van der Waals surface area contributed by atoms with Crippen molar-refractivity contribution < 1.29 is 4.74 Å². The molecule has 1 aromatic rings. The largest absolute Gasteiger partial charge is 0.492 e. The van der Waals surface area contributed by atoms with Crippen molar-refractivity contribution in [3.63, 3.8) is 0 Å². The highest BCUT2D eigenvalue weighted by Crippen LogP contribution is 2.27. The number of hydrogen-bond acceptors (Lipinski definition) is 2. The van der Waals surface area contributed by atoms with E-state index in [-0.39, 0.29) is 6.04 Å². The molecule has 0 amide bonds. The smallest absolute Gasteiger partial charge is 0.137 e. The number of halogens is 1. The Balaban J connectivity index is 2.75. The average Bonchev–Trinajstić information content (AvgIpc) is 2.15. The summed E-state index contributed by atoms with van der Waals surface area (Å²) in [5, 5.41) is 0.630. The van der Waals surface area contributed by atoms with Crippen molar-refractivity contribution in [2.45, 2.75) is 26.8 Å². The second-order valence-corrected chi connectivity index (χ2v) is 4.59. The summed E-state index contributed by atoms with van der Waals surface area (Å²) in [6.45, 7) is 6.81. The zero-order valence-corrected chi connectivity index (χ0v) is 10.2. The maximum atomic E-state index is 6.08. The van der Waals surface area contributed by atoms with Gasteiger partial charge in [-0.2, -0.15) is 0 Å². The Kier molecular flexibility index (Phi) is 4.43. The lowest BCUT2D eigenvalue weighted by molar-refractivity contribution is 0.271. The topological polar surface area (TPSA) is 35.2 Å². The number of hydrogen-bond donors (Lipinski definition) is 1. The van der Waals surface area contributed by atoms with Crippen molar-refractivity contribution in [1.82, 2.24) is 0 Å². The van der Waals surface area contributed by atoms with Crippen molar-refractivity contribution in [3.8, 4) is 5.75 Å². The van der Waals surface area contributed by atoms with Gasteiger partial charge in [-0.15, -0.1) is 0 Å². The predicted molar refractivity (Wildman–Crippen MR) is 64.4 cm³/mol. The fourth-order valence-corrected chi connectivity index (χ4v) is 1.42. The summed E-state index contributed by atoms with van der Waals surface area (Å²) in [4.78, 5) is 0. The number of ether oxygens (including phenoxy) is 1. The van der Waals surface area contributed by atoms with Crippen LogP contribution in [0.4, 0.5) is 0 Å². The van der Waals surface area contributed by atoms with Crippen LogP contribution in [0.25, 0.3) is 0 Å². The standard InChI is InChI=1S/C12H18ClNO/c1-8(2)7-15-12-5-4-10(9(3)14)6-11(12)13/h4-6,8-9H,7,14H2,1-3H3/t9-/m1/s1. The Morgan fingerprint density at radius 2 is 2.00 bits per heavy atom. The molecule has 84 valence electrons. The third kappa shape index (κ3) is 3.73. The van der Waals surface area contributed by atoms with E-state index in [0.717, 1.165) is 11.3 Å². The van der Waals surface area contributed by atoms with Gasteiger partial charge in [-0.25, -0.2) is 0 Å². The summed E-state index contributed by atoms with van der Waals surface area (Å²) in [6, 6.07) is 5.69. The van der Waals surface area contributed by atoms with Crippen LogP contribution in [0, 0.1) is 5.92 Å². The normalized spacial score (nSPS) is 12.9. The third-order valence-corrected chi connectivity index (χ3v) is 2.35. The molecule has 3 heteroatoms. The maximum Gasteiger partial charge on any atom is 0.137 e. The van der Waals surface area contributed by atoms with Crippen LogP contribution in [0.5, 0.6) is 5.75 Å². The summed E-state index contributed by atoms with van der Waals surface area (Å²) in [6.07, 6.45) is 0. The van der Waals surface area contributed by atoms with E-state index in [9.17, 15) is 0 Å². The Hall–Kier alpha value is -0.730. The Morgan fingerprint density at radius 1 is 1.33 bits per heavy atom. The van der Waals surface area contributed by atoms with Gasteiger partial charge in [0.15, 0.2) is 0 Å². The van der Waals surface area contributed by atoms with E-state index < -0.39 is 0 Å². The van der Waals surface area contributed by atoms with Gasteiger partial charge in [0.2, 0.25) is 0 Å². The van der Waals surface area contributed by atoms with Crippen LogP contribution >= 0.6 is 11.6 Å². The summed E-state index contributed by atoms with van der Waals surface area (Å²) in [5.74, 6) is 1.23. The second-order valence-electron chi connectivity index (χ2n) is 4.18. The first-order chi connectivity index (χ1) is 7.00. The van der Waals surface area contributed by atoms with Gasteiger partial charge in [-0.3, -0.25) is 0 Å². The van der Waals surface area contributed by atoms with Crippen LogP contribution < -0.4 is 10.5 Å². The van der Waals surface area contributed by atoms with Gasteiger partial charge < -0.3 is 10.5 Å². The molecule has 0 aliphatic rings. The molecule has 0 unspecified atom stereocenters. The van der Waals surface area contributed by atoms with Crippen LogP contribution in [-0.4, -0.2) is 6.61 Å². The summed E-state index contributed by atoms with van der Waals surface area (Å²) in [5.41, 5.74) is 6.78. The zero-order valence-electron chi connectivity index (χ0n) is 9.46. The van der Waals surface area contributed by atoms with E-state index in [1.54, 1.807) is 0 Å². The summed E-state index contributed by atoms with van der Waals surface area (Å²) in [7, 11) is 0. The quantitative estimate of drug-likeness (QED) is 0.856. The lowest BCUT2D eigenvalue weighted by atomic mass is 10.1. The molecule has 0 aliphatic carbocycles. The highest BCUT2D eigenvalue weighted by atomic mass is 35.5. The molecule has 2 N–H and O–H groups in total. The van der Waals surface area contributed by atoms with Gasteiger partial charge in [0.05, 0.1) is 11.6 Å². The number of rotatable bonds is 4. The number of benzene rings is 1. The van der Waals surface area contributed by atoms with Crippen molar-refractivity contribution in [3.05, 3.63) is 28.8 Å². The minimum absolute atomic E-state index is 0.00153. The van der Waals surface area contributed by atoms with E-state index in [4.69, 9.17) is 22.1 Å². The van der Waals surface area contributed by atoms with Crippen LogP contribution in [-0.2, 0) is 0 Å². The Morgan fingerprint density at radius 3 is 2.47 bits per heavy atom. The van der Waals surface area contributed by atoms with Gasteiger partial charge in [0.1, 0.15) is 5.75 Å². The van der Waals surface area contributed by atoms with Crippen LogP contribution in [0.15, 0.2) is 18.2 Å². The molecule has 0 heterocycles. The number of nitrogens with two attached hydrogens (primary N) is 1. The molecule has 1 atom stereocenters. The van der Waals surface area contributed by atoms with E-state index in [2.05, 4.69) is 13.8 Å². The minimum Gasteiger partial charge on any atom is -0.492 e.